The summed E-state index contributed by atoms with van der Waals surface area (Å²) >= 11 is 0. The van der Waals surface area contributed by atoms with Gasteiger partial charge in [-0.3, -0.25) is 4.68 Å². The number of nitrogens with one attached hydrogen (secondary N) is 1. The minimum absolute atomic E-state index is 0.650. The van der Waals surface area contributed by atoms with E-state index < -0.39 is 0 Å². The summed E-state index contributed by atoms with van der Waals surface area (Å²) < 4.78 is 2.34. The predicted molar refractivity (Wildman–Crippen MR) is 80.3 cm³/mol. The van der Waals surface area contributed by atoms with E-state index in [9.17, 15) is 0 Å². The lowest BCUT2D eigenvalue weighted by Gasteiger charge is -2.18. The van der Waals surface area contributed by atoms with Crippen LogP contribution in [-0.2, 0) is 13.0 Å². The minimum atomic E-state index is 0.650. The maximum Gasteiger partial charge on any atom is 0.0537 e. The Kier molecular flexibility index (Phi) is 5.90. The summed E-state index contributed by atoms with van der Waals surface area (Å²) in [6, 6.07) is 0.650. The monoisotopic (exact) mass is 263 g/mol. The highest BCUT2D eigenvalue weighted by Crippen LogP contribution is 2.28. The van der Waals surface area contributed by atoms with Crippen molar-refractivity contribution in [1.29, 1.82) is 0 Å². The van der Waals surface area contributed by atoms with Crippen LogP contribution in [-0.4, -0.2) is 16.3 Å². The third-order valence-electron chi connectivity index (χ3n) is 4.23. The van der Waals surface area contributed by atoms with Crippen LogP contribution in [0.5, 0.6) is 0 Å². The van der Waals surface area contributed by atoms with Gasteiger partial charge in [-0.1, -0.05) is 39.5 Å². The largest absolute Gasteiger partial charge is 0.313 e. The number of hydrogen-bond donors (Lipinski definition) is 1. The lowest BCUT2D eigenvalue weighted by atomic mass is 10.1. The quantitative estimate of drug-likeness (QED) is 0.624. The molecule has 1 N–H and O–H groups in total. The maximum atomic E-state index is 4.71. The first-order valence-corrected chi connectivity index (χ1v) is 8.12. The molecular formula is C16H29N3. The van der Waals surface area contributed by atoms with Gasteiger partial charge in [0.25, 0.3) is 0 Å². The van der Waals surface area contributed by atoms with E-state index in [0.29, 0.717) is 6.04 Å². The van der Waals surface area contributed by atoms with Gasteiger partial charge in [-0.25, -0.2) is 0 Å². The smallest absolute Gasteiger partial charge is 0.0537 e. The van der Waals surface area contributed by atoms with Gasteiger partial charge in [0.2, 0.25) is 0 Å². The molecule has 1 fully saturated rings. The van der Waals surface area contributed by atoms with Crippen molar-refractivity contribution in [3.63, 3.8) is 0 Å². The molecule has 1 heterocycles. The molecule has 108 valence electrons. The zero-order chi connectivity index (χ0) is 13.5. The van der Waals surface area contributed by atoms with E-state index in [-0.39, 0.29) is 0 Å². The Hall–Kier alpha value is -0.830. The fraction of sp³-hybridized carbons (Fsp3) is 0.812. The van der Waals surface area contributed by atoms with Crippen molar-refractivity contribution in [2.45, 2.75) is 77.8 Å². The molecule has 0 unspecified atom stereocenters. The molecular weight excluding hydrogens is 234 g/mol. The highest BCUT2D eigenvalue weighted by atomic mass is 15.3. The lowest BCUT2D eigenvalue weighted by Crippen LogP contribution is -2.17. The highest BCUT2D eigenvalue weighted by molar-refractivity contribution is 5.18. The molecule has 0 aromatic carbocycles. The first kappa shape index (κ1) is 14.6. The second-order valence-corrected chi connectivity index (χ2v) is 5.74. The van der Waals surface area contributed by atoms with Gasteiger partial charge >= 0.3 is 0 Å². The third-order valence-corrected chi connectivity index (χ3v) is 4.23. The molecule has 3 nitrogen and oxygen atoms in total. The van der Waals surface area contributed by atoms with Crippen LogP contribution in [0.15, 0.2) is 6.20 Å². The van der Waals surface area contributed by atoms with Gasteiger partial charge in [0.05, 0.1) is 12.2 Å². The fourth-order valence-corrected chi connectivity index (χ4v) is 3.18. The molecule has 0 spiro atoms. The molecule has 0 amide bonds. The van der Waals surface area contributed by atoms with E-state index >= 15 is 0 Å². The molecule has 1 aromatic heterocycles. The Morgan fingerprint density at radius 2 is 1.95 bits per heavy atom. The summed E-state index contributed by atoms with van der Waals surface area (Å²) in [7, 11) is 0. The van der Waals surface area contributed by atoms with Gasteiger partial charge in [0, 0.05) is 17.8 Å². The van der Waals surface area contributed by atoms with E-state index in [2.05, 4.69) is 30.0 Å². The number of rotatable bonds is 6. The normalized spacial score (nSPS) is 17.6. The zero-order valence-corrected chi connectivity index (χ0v) is 12.6. The fourth-order valence-electron chi connectivity index (χ4n) is 3.18. The molecule has 1 aliphatic carbocycles. The number of aromatic nitrogens is 2. The Morgan fingerprint density at radius 3 is 2.58 bits per heavy atom. The molecule has 0 saturated heterocycles. The second-order valence-electron chi connectivity index (χ2n) is 5.74. The lowest BCUT2D eigenvalue weighted by molar-refractivity contribution is 0.393. The summed E-state index contributed by atoms with van der Waals surface area (Å²) in [5, 5.41) is 8.21. The Labute approximate surface area is 117 Å². The zero-order valence-electron chi connectivity index (χ0n) is 12.6. The SMILES string of the molecule is CCCNCc1cnn(C2CCCCCC2)c1CC. The van der Waals surface area contributed by atoms with Crippen molar-refractivity contribution in [1.82, 2.24) is 15.1 Å². The van der Waals surface area contributed by atoms with Gasteiger partial charge in [-0.15, -0.1) is 0 Å². The summed E-state index contributed by atoms with van der Waals surface area (Å²) in [4.78, 5) is 0. The van der Waals surface area contributed by atoms with E-state index in [1.165, 1.54) is 56.2 Å². The van der Waals surface area contributed by atoms with Gasteiger partial charge < -0.3 is 5.32 Å². The average Bonchev–Trinajstić information content (AvgIpc) is 2.65. The molecule has 3 heteroatoms. The van der Waals surface area contributed by atoms with Gasteiger partial charge in [0.15, 0.2) is 0 Å². The molecule has 1 saturated carbocycles. The standard InChI is InChI=1S/C16H29N3/c1-3-11-17-12-14-13-18-19(16(14)4-2)15-9-7-5-6-8-10-15/h13,15,17H,3-12H2,1-2H3. The maximum absolute atomic E-state index is 4.71. The van der Waals surface area contributed by atoms with E-state index in [4.69, 9.17) is 5.10 Å². The van der Waals surface area contributed by atoms with Crippen LogP contribution in [0.3, 0.4) is 0 Å². The van der Waals surface area contributed by atoms with Crippen molar-refractivity contribution in [2.75, 3.05) is 6.54 Å². The van der Waals surface area contributed by atoms with Crippen LogP contribution in [0.25, 0.3) is 0 Å². The molecule has 0 radical (unpaired) electrons. The summed E-state index contributed by atoms with van der Waals surface area (Å²) in [6.45, 7) is 6.54. The van der Waals surface area contributed by atoms with Crippen LogP contribution in [0.1, 0.15) is 76.1 Å². The minimum Gasteiger partial charge on any atom is -0.313 e. The Balaban J connectivity index is 2.06. The molecule has 0 atom stereocenters. The number of nitrogens with zero attached hydrogens (tertiary/aromatic N) is 2. The van der Waals surface area contributed by atoms with Crippen molar-refractivity contribution in [3.05, 3.63) is 17.5 Å². The van der Waals surface area contributed by atoms with Gasteiger partial charge in [-0.2, -0.15) is 5.10 Å². The average molecular weight is 263 g/mol. The first-order chi connectivity index (χ1) is 9.36. The van der Waals surface area contributed by atoms with Crippen molar-refractivity contribution < 1.29 is 0 Å². The van der Waals surface area contributed by atoms with Crippen LogP contribution in [0.2, 0.25) is 0 Å². The first-order valence-electron chi connectivity index (χ1n) is 8.12. The molecule has 0 bridgehead atoms. The van der Waals surface area contributed by atoms with Crippen LogP contribution in [0.4, 0.5) is 0 Å². The van der Waals surface area contributed by atoms with E-state index in [1.807, 2.05) is 0 Å². The second kappa shape index (κ2) is 7.68. The van der Waals surface area contributed by atoms with E-state index in [0.717, 1.165) is 19.5 Å². The third kappa shape index (κ3) is 3.82. The topological polar surface area (TPSA) is 29.9 Å². The molecule has 19 heavy (non-hydrogen) atoms. The highest BCUT2D eigenvalue weighted by Gasteiger charge is 2.18. The van der Waals surface area contributed by atoms with E-state index in [1.54, 1.807) is 0 Å². The summed E-state index contributed by atoms with van der Waals surface area (Å²) in [5.74, 6) is 0. The Morgan fingerprint density at radius 1 is 1.21 bits per heavy atom. The van der Waals surface area contributed by atoms with Crippen molar-refractivity contribution in [2.24, 2.45) is 0 Å². The molecule has 2 rings (SSSR count). The Bertz CT molecular complexity index is 362. The van der Waals surface area contributed by atoms with Crippen LogP contribution in [0, 0.1) is 0 Å². The van der Waals surface area contributed by atoms with Crippen LogP contribution < -0.4 is 5.32 Å². The summed E-state index contributed by atoms with van der Waals surface area (Å²) in [5.41, 5.74) is 2.86. The molecule has 1 aromatic rings. The van der Waals surface area contributed by atoms with Gasteiger partial charge in [-0.05, 0) is 32.2 Å². The predicted octanol–water partition coefficient (Wildman–Crippen LogP) is 3.84. The molecule has 0 aliphatic heterocycles. The number of hydrogen-bond acceptors (Lipinski definition) is 2. The summed E-state index contributed by atoms with van der Waals surface area (Å²) in [6.07, 6.45) is 12.6. The van der Waals surface area contributed by atoms with Crippen molar-refractivity contribution >= 4 is 0 Å². The van der Waals surface area contributed by atoms with Gasteiger partial charge in [0.1, 0.15) is 0 Å². The van der Waals surface area contributed by atoms with Crippen LogP contribution >= 0.6 is 0 Å². The van der Waals surface area contributed by atoms with Crippen molar-refractivity contribution in [3.8, 4) is 0 Å². The molecule has 1 aliphatic rings.